The SMILES string of the molecule is CCOC(Cc1c(C)cccc1OCCN1CCOc2ccccc21)C(=O)OC. The predicted octanol–water partition coefficient (Wildman–Crippen LogP) is 3.39. The lowest BCUT2D eigenvalue weighted by atomic mass is 10.0. The van der Waals surface area contributed by atoms with Gasteiger partial charge in [0.2, 0.25) is 0 Å². The first-order valence-corrected chi connectivity index (χ1v) is 10.0. The van der Waals surface area contributed by atoms with Crippen molar-refractivity contribution in [2.24, 2.45) is 0 Å². The van der Waals surface area contributed by atoms with Crippen LogP contribution in [0.25, 0.3) is 0 Å². The van der Waals surface area contributed by atoms with E-state index in [1.54, 1.807) is 0 Å². The Morgan fingerprint density at radius 3 is 2.83 bits per heavy atom. The minimum atomic E-state index is -0.639. The summed E-state index contributed by atoms with van der Waals surface area (Å²) in [4.78, 5) is 14.3. The molecule has 0 bridgehead atoms. The van der Waals surface area contributed by atoms with E-state index in [4.69, 9.17) is 18.9 Å². The number of aryl methyl sites for hydroxylation is 1. The standard InChI is InChI=1S/C23H29NO5/c1-4-27-22(23(25)26-3)16-18-17(2)8-7-11-20(18)28-14-12-24-13-15-29-21-10-6-5-9-19(21)24/h5-11,22H,4,12-16H2,1-3H3. The number of anilines is 1. The van der Waals surface area contributed by atoms with E-state index in [0.717, 1.165) is 41.4 Å². The molecule has 1 unspecified atom stereocenters. The van der Waals surface area contributed by atoms with Gasteiger partial charge in [0.25, 0.3) is 0 Å². The monoisotopic (exact) mass is 399 g/mol. The average Bonchev–Trinajstić information content (AvgIpc) is 2.75. The topological polar surface area (TPSA) is 57.2 Å². The largest absolute Gasteiger partial charge is 0.491 e. The fourth-order valence-corrected chi connectivity index (χ4v) is 3.53. The molecule has 2 aromatic rings. The fourth-order valence-electron chi connectivity index (χ4n) is 3.53. The third-order valence-electron chi connectivity index (χ3n) is 5.03. The highest BCUT2D eigenvalue weighted by atomic mass is 16.6. The van der Waals surface area contributed by atoms with Crippen molar-refractivity contribution in [1.82, 2.24) is 0 Å². The first-order valence-electron chi connectivity index (χ1n) is 10.0. The zero-order valence-electron chi connectivity index (χ0n) is 17.3. The number of hydrogen-bond donors (Lipinski definition) is 0. The van der Waals surface area contributed by atoms with Gasteiger partial charge < -0.3 is 23.8 Å². The van der Waals surface area contributed by atoms with E-state index in [-0.39, 0.29) is 5.97 Å². The van der Waals surface area contributed by atoms with Crippen LogP contribution in [0, 0.1) is 6.92 Å². The number of hydrogen-bond acceptors (Lipinski definition) is 6. The molecule has 156 valence electrons. The number of ether oxygens (including phenoxy) is 4. The van der Waals surface area contributed by atoms with Gasteiger partial charge in [-0.3, -0.25) is 0 Å². The van der Waals surface area contributed by atoms with Crippen LogP contribution in [0.15, 0.2) is 42.5 Å². The third-order valence-corrected chi connectivity index (χ3v) is 5.03. The second kappa shape index (κ2) is 10.2. The molecule has 0 saturated heterocycles. The third kappa shape index (κ3) is 5.21. The van der Waals surface area contributed by atoms with Crippen molar-refractivity contribution in [1.29, 1.82) is 0 Å². The van der Waals surface area contributed by atoms with Crippen LogP contribution in [-0.2, 0) is 20.7 Å². The molecule has 29 heavy (non-hydrogen) atoms. The first-order chi connectivity index (χ1) is 14.1. The Balaban J connectivity index is 1.67. The second-order valence-electron chi connectivity index (χ2n) is 6.87. The summed E-state index contributed by atoms with van der Waals surface area (Å²) >= 11 is 0. The Kier molecular flexibility index (Phi) is 7.36. The van der Waals surface area contributed by atoms with Crippen LogP contribution in [0.4, 0.5) is 5.69 Å². The Morgan fingerprint density at radius 1 is 1.21 bits per heavy atom. The first kappa shape index (κ1) is 21.0. The Bertz CT molecular complexity index is 823. The molecular formula is C23H29NO5. The van der Waals surface area contributed by atoms with Crippen molar-refractivity contribution in [3.05, 3.63) is 53.6 Å². The molecule has 0 radical (unpaired) electrons. The molecular weight excluding hydrogens is 370 g/mol. The lowest BCUT2D eigenvalue weighted by Gasteiger charge is -2.31. The van der Waals surface area contributed by atoms with Gasteiger partial charge in [0.1, 0.15) is 24.7 Å². The minimum absolute atomic E-state index is 0.369. The highest BCUT2D eigenvalue weighted by Gasteiger charge is 2.23. The van der Waals surface area contributed by atoms with Crippen LogP contribution >= 0.6 is 0 Å². The van der Waals surface area contributed by atoms with E-state index in [9.17, 15) is 4.79 Å². The summed E-state index contributed by atoms with van der Waals surface area (Å²) in [7, 11) is 1.38. The van der Waals surface area contributed by atoms with Crippen molar-refractivity contribution in [2.45, 2.75) is 26.4 Å². The number of benzene rings is 2. The number of rotatable bonds is 9. The Labute approximate surface area is 172 Å². The number of methoxy groups -OCH3 is 1. The maximum atomic E-state index is 12.1. The molecule has 0 fully saturated rings. The van der Waals surface area contributed by atoms with Gasteiger partial charge in [0, 0.05) is 18.6 Å². The predicted molar refractivity (Wildman–Crippen MR) is 112 cm³/mol. The van der Waals surface area contributed by atoms with Crippen molar-refractivity contribution in [2.75, 3.05) is 44.9 Å². The zero-order chi connectivity index (χ0) is 20.6. The number of carbonyl (C=O) groups is 1. The van der Waals surface area contributed by atoms with E-state index in [2.05, 4.69) is 11.0 Å². The quantitative estimate of drug-likeness (QED) is 0.603. The van der Waals surface area contributed by atoms with E-state index in [1.165, 1.54) is 7.11 Å². The van der Waals surface area contributed by atoms with Gasteiger partial charge in [-0.1, -0.05) is 24.3 Å². The summed E-state index contributed by atoms with van der Waals surface area (Å²) in [6.45, 7) is 7.10. The van der Waals surface area contributed by atoms with Crippen molar-refractivity contribution < 1.29 is 23.7 Å². The van der Waals surface area contributed by atoms with E-state index in [0.29, 0.717) is 26.2 Å². The van der Waals surface area contributed by atoms with Gasteiger partial charge in [-0.15, -0.1) is 0 Å². The number of para-hydroxylation sites is 2. The maximum Gasteiger partial charge on any atom is 0.335 e. The summed E-state index contributed by atoms with van der Waals surface area (Å²) in [6.07, 6.45) is -0.220. The molecule has 6 heteroatoms. The van der Waals surface area contributed by atoms with Crippen LogP contribution in [0.1, 0.15) is 18.1 Å². The molecule has 1 aliphatic heterocycles. The average molecular weight is 399 g/mol. The number of nitrogens with zero attached hydrogens (tertiary/aromatic N) is 1. The van der Waals surface area contributed by atoms with Gasteiger partial charge in [0.15, 0.2) is 6.10 Å². The van der Waals surface area contributed by atoms with Crippen LogP contribution in [0.3, 0.4) is 0 Å². The van der Waals surface area contributed by atoms with Crippen molar-refractivity contribution >= 4 is 11.7 Å². The summed E-state index contributed by atoms with van der Waals surface area (Å²) < 4.78 is 22.3. The molecule has 1 atom stereocenters. The van der Waals surface area contributed by atoms with Crippen LogP contribution in [0.5, 0.6) is 11.5 Å². The highest BCUT2D eigenvalue weighted by Crippen LogP contribution is 2.31. The van der Waals surface area contributed by atoms with Crippen LogP contribution < -0.4 is 14.4 Å². The molecule has 0 N–H and O–H groups in total. The van der Waals surface area contributed by atoms with E-state index < -0.39 is 6.10 Å². The maximum absolute atomic E-state index is 12.1. The molecule has 1 aliphatic rings. The molecule has 0 aliphatic carbocycles. The summed E-state index contributed by atoms with van der Waals surface area (Å²) in [5.41, 5.74) is 3.13. The molecule has 0 saturated carbocycles. The van der Waals surface area contributed by atoms with Gasteiger partial charge in [0.05, 0.1) is 25.9 Å². The fraction of sp³-hybridized carbons (Fsp3) is 0.435. The lowest BCUT2D eigenvalue weighted by molar-refractivity contribution is -0.153. The summed E-state index contributed by atoms with van der Waals surface area (Å²) in [6, 6.07) is 14.0. The lowest BCUT2D eigenvalue weighted by Crippen LogP contribution is -2.35. The molecule has 0 aromatic heterocycles. The normalized spacial score (nSPS) is 14.0. The number of fused-ring (bicyclic) bond motifs is 1. The molecule has 0 spiro atoms. The number of esters is 1. The second-order valence-corrected chi connectivity index (χ2v) is 6.87. The Morgan fingerprint density at radius 2 is 2.03 bits per heavy atom. The van der Waals surface area contributed by atoms with Crippen LogP contribution in [0.2, 0.25) is 0 Å². The highest BCUT2D eigenvalue weighted by molar-refractivity contribution is 5.75. The smallest absolute Gasteiger partial charge is 0.335 e. The molecule has 0 amide bonds. The summed E-state index contributed by atoms with van der Waals surface area (Å²) in [5, 5.41) is 0. The number of carbonyl (C=O) groups excluding carboxylic acids is 1. The molecule has 3 rings (SSSR count). The van der Waals surface area contributed by atoms with Gasteiger partial charge in [-0.25, -0.2) is 4.79 Å². The van der Waals surface area contributed by atoms with Crippen LogP contribution in [-0.4, -0.2) is 52.1 Å². The molecule has 1 heterocycles. The Hall–Kier alpha value is -2.73. The molecule has 6 nitrogen and oxygen atoms in total. The van der Waals surface area contributed by atoms with Gasteiger partial charge >= 0.3 is 5.97 Å². The van der Waals surface area contributed by atoms with Crippen molar-refractivity contribution in [3.8, 4) is 11.5 Å². The summed E-state index contributed by atoms with van der Waals surface area (Å²) in [5.74, 6) is 1.32. The minimum Gasteiger partial charge on any atom is -0.491 e. The van der Waals surface area contributed by atoms with E-state index >= 15 is 0 Å². The van der Waals surface area contributed by atoms with Gasteiger partial charge in [-0.2, -0.15) is 0 Å². The van der Waals surface area contributed by atoms with E-state index in [1.807, 2.05) is 50.2 Å². The zero-order valence-corrected chi connectivity index (χ0v) is 17.3. The molecule has 2 aromatic carbocycles. The van der Waals surface area contributed by atoms with Gasteiger partial charge in [-0.05, 0) is 37.6 Å². The van der Waals surface area contributed by atoms with Crippen molar-refractivity contribution in [3.63, 3.8) is 0 Å².